The molecule has 0 aromatic carbocycles. The average Bonchev–Trinajstić information content (AvgIpc) is 2.77. The monoisotopic (exact) mass is 269 g/mol. The van der Waals surface area contributed by atoms with Crippen molar-refractivity contribution in [2.45, 2.75) is 32.9 Å². The molecule has 1 heterocycles. The average molecular weight is 269 g/mol. The lowest BCUT2D eigenvalue weighted by atomic mass is 10.2. The van der Waals surface area contributed by atoms with E-state index >= 15 is 0 Å². The molecule has 1 rings (SSSR count). The number of hydrogen-bond acceptors (Lipinski definition) is 5. The smallest absolute Gasteiger partial charge is 0.320 e. The van der Waals surface area contributed by atoms with Crippen molar-refractivity contribution in [2.75, 3.05) is 13.1 Å². The van der Waals surface area contributed by atoms with Crippen LogP contribution in [-0.4, -0.2) is 56.0 Å². The first-order valence-electron chi connectivity index (χ1n) is 6.13. The van der Waals surface area contributed by atoms with Crippen LogP contribution in [0, 0.1) is 0 Å². The maximum atomic E-state index is 11.8. The highest BCUT2D eigenvalue weighted by Gasteiger charge is 2.16. The molecule has 0 bridgehead atoms. The molecule has 1 aromatic rings. The molecule has 8 nitrogen and oxygen atoms in total. The standard InChI is InChI=1S/C11H19N5O3/c1-3-15(4-2)10(17)7-16-6-8(13-14-16)5-9(12)11(18)19/h6,9H,3-5,7,12H2,1-2H3,(H,18,19). The zero-order valence-electron chi connectivity index (χ0n) is 11.1. The Hall–Kier alpha value is -1.96. The summed E-state index contributed by atoms with van der Waals surface area (Å²) >= 11 is 0. The molecular weight excluding hydrogens is 250 g/mol. The Morgan fingerprint density at radius 2 is 2.11 bits per heavy atom. The number of hydrogen-bond donors (Lipinski definition) is 2. The van der Waals surface area contributed by atoms with Gasteiger partial charge in [0.05, 0.1) is 5.69 Å². The maximum Gasteiger partial charge on any atom is 0.320 e. The van der Waals surface area contributed by atoms with Gasteiger partial charge in [-0.05, 0) is 13.8 Å². The van der Waals surface area contributed by atoms with Crippen molar-refractivity contribution < 1.29 is 14.7 Å². The fraction of sp³-hybridized carbons (Fsp3) is 0.636. The third-order valence-corrected chi connectivity index (χ3v) is 2.75. The Balaban J connectivity index is 2.60. The molecule has 0 aliphatic heterocycles. The molecule has 0 saturated heterocycles. The van der Waals surface area contributed by atoms with Crippen molar-refractivity contribution in [1.82, 2.24) is 19.9 Å². The summed E-state index contributed by atoms with van der Waals surface area (Å²) in [5.41, 5.74) is 5.86. The van der Waals surface area contributed by atoms with Gasteiger partial charge in [-0.2, -0.15) is 0 Å². The Morgan fingerprint density at radius 3 is 2.63 bits per heavy atom. The number of aromatic nitrogens is 3. The summed E-state index contributed by atoms with van der Waals surface area (Å²) in [6.45, 7) is 5.18. The first kappa shape index (κ1) is 15.1. The molecule has 0 radical (unpaired) electrons. The zero-order chi connectivity index (χ0) is 14.4. The third kappa shape index (κ3) is 4.32. The van der Waals surface area contributed by atoms with Gasteiger partial charge in [0, 0.05) is 25.7 Å². The Kier molecular flexibility index (Phi) is 5.43. The molecule has 1 amide bonds. The second kappa shape index (κ2) is 6.83. The lowest BCUT2D eigenvalue weighted by Crippen LogP contribution is -2.33. The number of carboxylic acid groups (broad SMARTS) is 1. The van der Waals surface area contributed by atoms with Gasteiger partial charge >= 0.3 is 5.97 Å². The number of nitrogens with zero attached hydrogens (tertiary/aromatic N) is 4. The molecule has 0 fully saturated rings. The second-order valence-corrected chi connectivity index (χ2v) is 4.12. The molecule has 0 saturated carbocycles. The molecule has 0 aliphatic rings. The van der Waals surface area contributed by atoms with Crippen LogP contribution >= 0.6 is 0 Å². The van der Waals surface area contributed by atoms with Crippen molar-refractivity contribution >= 4 is 11.9 Å². The predicted octanol–water partition coefficient (Wildman–Crippen LogP) is -0.899. The van der Waals surface area contributed by atoms with Crippen LogP contribution in [0.5, 0.6) is 0 Å². The first-order valence-corrected chi connectivity index (χ1v) is 6.13. The number of carbonyl (C=O) groups excluding carboxylic acids is 1. The van der Waals surface area contributed by atoms with Crippen LogP contribution in [0.15, 0.2) is 6.20 Å². The van der Waals surface area contributed by atoms with E-state index in [0.29, 0.717) is 18.8 Å². The van der Waals surface area contributed by atoms with Gasteiger partial charge < -0.3 is 15.7 Å². The summed E-state index contributed by atoms with van der Waals surface area (Å²) in [6.07, 6.45) is 1.64. The summed E-state index contributed by atoms with van der Waals surface area (Å²) in [5, 5.41) is 16.3. The predicted molar refractivity (Wildman–Crippen MR) is 67.3 cm³/mol. The number of carbonyl (C=O) groups is 2. The number of aliphatic carboxylic acids is 1. The van der Waals surface area contributed by atoms with E-state index in [-0.39, 0.29) is 18.9 Å². The van der Waals surface area contributed by atoms with E-state index < -0.39 is 12.0 Å². The van der Waals surface area contributed by atoms with Crippen molar-refractivity contribution in [3.63, 3.8) is 0 Å². The van der Waals surface area contributed by atoms with E-state index in [9.17, 15) is 9.59 Å². The highest BCUT2D eigenvalue weighted by molar-refractivity contribution is 5.75. The van der Waals surface area contributed by atoms with Gasteiger partial charge in [-0.3, -0.25) is 9.59 Å². The molecule has 1 atom stereocenters. The van der Waals surface area contributed by atoms with E-state index in [1.165, 1.54) is 4.68 Å². The molecular formula is C11H19N5O3. The maximum absolute atomic E-state index is 11.8. The quantitative estimate of drug-likeness (QED) is 0.663. The molecule has 0 aliphatic carbocycles. The van der Waals surface area contributed by atoms with Crippen molar-refractivity contribution in [3.8, 4) is 0 Å². The van der Waals surface area contributed by atoms with Gasteiger partial charge in [0.1, 0.15) is 12.6 Å². The number of carboxylic acids is 1. The van der Waals surface area contributed by atoms with E-state index in [0.717, 1.165) is 0 Å². The fourth-order valence-electron chi connectivity index (χ4n) is 1.64. The van der Waals surface area contributed by atoms with E-state index in [1.807, 2.05) is 13.8 Å². The molecule has 19 heavy (non-hydrogen) atoms. The summed E-state index contributed by atoms with van der Waals surface area (Å²) in [6, 6.07) is -1.01. The van der Waals surface area contributed by atoms with Crippen LogP contribution in [0.2, 0.25) is 0 Å². The van der Waals surface area contributed by atoms with Crippen LogP contribution in [0.4, 0.5) is 0 Å². The Morgan fingerprint density at radius 1 is 1.47 bits per heavy atom. The minimum atomic E-state index is -1.09. The van der Waals surface area contributed by atoms with Gasteiger partial charge in [-0.25, -0.2) is 4.68 Å². The van der Waals surface area contributed by atoms with Gasteiger partial charge in [0.25, 0.3) is 0 Å². The third-order valence-electron chi connectivity index (χ3n) is 2.75. The normalized spacial score (nSPS) is 12.2. The number of likely N-dealkylation sites (N-methyl/N-ethyl adjacent to an activating group) is 1. The second-order valence-electron chi connectivity index (χ2n) is 4.12. The summed E-state index contributed by atoms with van der Waals surface area (Å²) < 4.78 is 1.39. The zero-order valence-corrected chi connectivity index (χ0v) is 11.1. The van der Waals surface area contributed by atoms with Crippen molar-refractivity contribution in [3.05, 3.63) is 11.9 Å². The van der Waals surface area contributed by atoms with Gasteiger partial charge in [0.2, 0.25) is 5.91 Å². The molecule has 106 valence electrons. The lowest BCUT2D eigenvalue weighted by Gasteiger charge is -2.17. The van der Waals surface area contributed by atoms with Gasteiger partial charge in [-0.15, -0.1) is 5.10 Å². The van der Waals surface area contributed by atoms with Crippen LogP contribution in [0.3, 0.4) is 0 Å². The molecule has 8 heteroatoms. The van der Waals surface area contributed by atoms with E-state index in [1.54, 1.807) is 11.1 Å². The number of rotatable bonds is 7. The molecule has 3 N–H and O–H groups in total. The summed E-state index contributed by atoms with van der Waals surface area (Å²) in [4.78, 5) is 24.1. The van der Waals surface area contributed by atoms with Crippen LogP contribution in [0.1, 0.15) is 19.5 Å². The fourth-order valence-corrected chi connectivity index (χ4v) is 1.64. The van der Waals surface area contributed by atoms with Crippen LogP contribution < -0.4 is 5.73 Å². The van der Waals surface area contributed by atoms with Crippen molar-refractivity contribution in [1.29, 1.82) is 0 Å². The number of nitrogens with two attached hydrogens (primary N) is 1. The molecule has 1 unspecified atom stereocenters. The van der Waals surface area contributed by atoms with Crippen molar-refractivity contribution in [2.24, 2.45) is 5.73 Å². The molecule has 0 spiro atoms. The van der Waals surface area contributed by atoms with Crippen LogP contribution in [0.25, 0.3) is 0 Å². The first-order chi connectivity index (χ1) is 8.97. The summed E-state index contributed by atoms with van der Waals surface area (Å²) in [7, 11) is 0. The highest BCUT2D eigenvalue weighted by Crippen LogP contribution is 1.99. The minimum absolute atomic E-state index is 0.0519. The van der Waals surface area contributed by atoms with Gasteiger partial charge in [-0.1, -0.05) is 5.21 Å². The largest absolute Gasteiger partial charge is 0.480 e. The topological polar surface area (TPSA) is 114 Å². The lowest BCUT2D eigenvalue weighted by molar-refractivity contribution is -0.138. The number of amides is 1. The Labute approximate surface area is 111 Å². The summed E-state index contributed by atoms with van der Waals surface area (Å²) in [5.74, 6) is -1.14. The highest BCUT2D eigenvalue weighted by atomic mass is 16.4. The van der Waals surface area contributed by atoms with Crippen LogP contribution in [-0.2, 0) is 22.6 Å². The SMILES string of the molecule is CCN(CC)C(=O)Cn1cc(CC(N)C(=O)O)nn1. The van der Waals surface area contributed by atoms with Gasteiger partial charge in [0.15, 0.2) is 0 Å². The van der Waals surface area contributed by atoms with E-state index in [2.05, 4.69) is 10.3 Å². The van der Waals surface area contributed by atoms with E-state index in [4.69, 9.17) is 10.8 Å². The molecule has 1 aromatic heterocycles. The Bertz CT molecular complexity index is 441. The minimum Gasteiger partial charge on any atom is -0.480 e.